The van der Waals surface area contributed by atoms with E-state index in [-0.39, 0.29) is 11.9 Å². The molecule has 24 heavy (non-hydrogen) atoms. The van der Waals surface area contributed by atoms with Gasteiger partial charge in [-0.3, -0.25) is 4.79 Å². The SMILES string of the molecule is CCn1c(SCC(=O)NC2C=CC=CC2)nnc1-c1ccccc1. The van der Waals surface area contributed by atoms with Gasteiger partial charge in [0.15, 0.2) is 11.0 Å². The van der Waals surface area contributed by atoms with Gasteiger partial charge in [-0.2, -0.15) is 0 Å². The van der Waals surface area contributed by atoms with Crippen LogP contribution in [0, 0.1) is 0 Å². The van der Waals surface area contributed by atoms with Gasteiger partial charge in [0.25, 0.3) is 0 Å². The second-order valence-electron chi connectivity index (χ2n) is 5.43. The van der Waals surface area contributed by atoms with Gasteiger partial charge in [-0.15, -0.1) is 10.2 Å². The van der Waals surface area contributed by atoms with Gasteiger partial charge in [-0.1, -0.05) is 66.4 Å². The van der Waals surface area contributed by atoms with E-state index in [0.717, 1.165) is 29.5 Å². The lowest BCUT2D eigenvalue weighted by atomic mass is 10.1. The van der Waals surface area contributed by atoms with Crippen LogP contribution in [0.1, 0.15) is 13.3 Å². The average Bonchev–Trinajstić information content (AvgIpc) is 3.04. The van der Waals surface area contributed by atoms with Gasteiger partial charge >= 0.3 is 0 Å². The van der Waals surface area contributed by atoms with E-state index in [2.05, 4.69) is 28.5 Å². The van der Waals surface area contributed by atoms with Crippen LogP contribution in [0.25, 0.3) is 11.4 Å². The number of aromatic nitrogens is 3. The zero-order valence-corrected chi connectivity index (χ0v) is 14.4. The first-order valence-electron chi connectivity index (χ1n) is 8.02. The van der Waals surface area contributed by atoms with Crippen molar-refractivity contribution in [2.24, 2.45) is 0 Å². The number of hydrogen-bond acceptors (Lipinski definition) is 4. The molecule has 1 aliphatic rings. The van der Waals surface area contributed by atoms with E-state index >= 15 is 0 Å². The summed E-state index contributed by atoms with van der Waals surface area (Å²) in [7, 11) is 0. The van der Waals surface area contributed by atoms with Crippen molar-refractivity contribution >= 4 is 17.7 Å². The summed E-state index contributed by atoms with van der Waals surface area (Å²) in [6.07, 6.45) is 8.85. The quantitative estimate of drug-likeness (QED) is 0.821. The predicted molar refractivity (Wildman–Crippen MR) is 96.7 cm³/mol. The van der Waals surface area contributed by atoms with Crippen LogP contribution in [0.5, 0.6) is 0 Å². The van der Waals surface area contributed by atoms with E-state index in [1.165, 1.54) is 11.8 Å². The molecule has 1 unspecified atom stereocenters. The Balaban J connectivity index is 1.63. The molecule has 1 N–H and O–H groups in total. The lowest BCUT2D eigenvalue weighted by molar-refractivity contribution is -0.118. The van der Waals surface area contributed by atoms with Crippen LogP contribution >= 0.6 is 11.8 Å². The average molecular weight is 340 g/mol. The van der Waals surface area contributed by atoms with Crippen molar-refractivity contribution in [2.75, 3.05) is 5.75 Å². The molecule has 1 heterocycles. The van der Waals surface area contributed by atoms with Crippen LogP contribution in [0.3, 0.4) is 0 Å². The molecular weight excluding hydrogens is 320 g/mol. The first-order valence-corrected chi connectivity index (χ1v) is 9.00. The largest absolute Gasteiger partial charge is 0.349 e. The molecule has 2 aromatic rings. The number of benzene rings is 1. The summed E-state index contributed by atoms with van der Waals surface area (Å²) in [5.41, 5.74) is 1.03. The van der Waals surface area contributed by atoms with Crippen molar-refractivity contribution in [3.8, 4) is 11.4 Å². The minimum absolute atomic E-state index is 0.0110. The van der Waals surface area contributed by atoms with Gasteiger partial charge in [-0.25, -0.2) is 0 Å². The summed E-state index contributed by atoms with van der Waals surface area (Å²) in [4.78, 5) is 12.1. The molecule has 3 rings (SSSR count). The molecule has 0 radical (unpaired) electrons. The minimum Gasteiger partial charge on any atom is -0.349 e. The van der Waals surface area contributed by atoms with E-state index in [1.807, 2.05) is 53.1 Å². The van der Waals surface area contributed by atoms with Gasteiger partial charge in [0.1, 0.15) is 0 Å². The summed E-state index contributed by atoms with van der Waals surface area (Å²) < 4.78 is 2.04. The molecule has 0 aliphatic heterocycles. The van der Waals surface area contributed by atoms with E-state index < -0.39 is 0 Å². The number of hydrogen-bond donors (Lipinski definition) is 1. The van der Waals surface area contributed by atoms with Gasteiger partial charge in [0.05, 0.1) is 11.8 Å². The molecular formula is C18H20N4OS. The van der Waals surface area contributed by atoms with Crippen molar-refractivity contribution in [1.29, 1.82) is 0 Å². The van der Waals surface area contributed by atoms with Crippen LogP contribution in [0.4, 0.5) is 0 Å². The third-order valence-corrected chi connectivity index (χ3v) is 4.69. The Morgan fingerprint density at radius 2 is 2.12 bits per heavy atom. The van der Waals surface area contributed by atoms with Crippen molar-refractivity contribution < 1.29 is 4.79 Å². The highest BCUT2D eigenvalue weighted by Crippen LogP contribution is 2.23. The van der Waals surface area contributed by atoms with Gasteiger partial charge in [0, 0.05) is 12.1 Å². The van der Waals surface area contributed by atoms with Crippen molar-refractivity contribution in [1.82, 2.24) is 20.1 Å². The summed E-state index contributed by atoms with van der Waals surface area (Å²) in [6.45, 7) is 2.82. The third-order valence-electron chi connectivity index (χ3n) is 3.72. The Bertz CT molecular complexity index is 752. The number of amides is 1. The van der Waals surface area contributed by atoms with E-state index in [0.29, 0.717) is 5.75 Å². The fraction of sp³-hybridized carbons (Fsp3) is 0.278. The highest BCUT2D eigenvalue weighted by atomic mass is 32.2. The van der Waals surface area contributed by atoms with Crippen molar-refractivity contribution in [3.05, 3.63) is 54.6 Å². The van der Waals surface area contributed by atoms with Crippen LogP contribution in [-0.2, 0) is 11.3 Å². The highest BCUT2D eigenvalue weighted by molar-refractivity contribution is 7.99. The summed E-state index contributed by atoms with van der Waals surface area (Å²) in [5, 5.41) is 12.3. The zero-order chi connectivity index (χ0) is 16.8. The molecule has 1 atom stereocenters. The molecule has 124 valence electrons. The second-order valence-corrected chi connectivity index (χ2v) is 6.37. The molecule has 1 aromatic carbocycles. The lowest BCUT2D eigenvalue weighted by Crippen LogP contribution is -2.34. The monoisotopic (exact) mass is 340 g/mol. The topological polar surface area (TPSA) is 59.8 Å². The van der Waals surface area contributed by atoms with Crippen molar-refractivity contribution in [2.45, 2.75) is 31.1 Å². The standard InChI is InChI=1S/C18H20N4OS/c1-2-22-17(14-9-5-3-6-10-14)20-21-18(22)24-13-16(23)19-15-11-7-4-8-12-15/h3-11,15H,2,12-13H2,1H3,(H,19,23). The minimum atomic E-state index is 0.0110. The van der Waals surface area contributed by atoms with Crippen LogP contribution in [0.15, 0.2) is 59.8 Å². The first-order chi connectivity index (χ1) is 11.8. The summed E-state index contributed by atoms with van der Waals surface area (Å²) >= 11 is 1.42. The van der Waals surface area contributed by atoms with Gasteiger partial charge in [0.2, 0.25) is 5.91 Å². The number of rotatable bonds is 6. The van der Waals surface area contributed by atoms with Crippen LogP contribution in [-0.4, -0.2) is 32.5 Å². The molecule has 1 aliphatic carbocycles. The Labute approximate surface area is 145 Å². The van der Waals surface area contributed by atoms with Gasteiger partial charge in [-0.05, 0) is 13.3 Å². The molecule has 0 bridgehead atoms. The number of nitrogens with one attached hydrogen (secondary N) is 1. The van der Waals surface area contributed by atoms with Crippen LogP contribution in [0.2, 0.25) is 0 Å². The highest BCUT2D eigenvalue weighted by Gasteiger charge is 2.15. The number of allylic oxidation sites excluding steroid dienone is 2. The predicted octanol–water partition coefficient (Wildman–Crippen LogP) is 3.06. The maximum Gasteiger partial charge on any atom is 0.230 e. The molecule has 0 spiro atoms. The fourth-order valence-electron chi connectivity index (χ4n) is 2.55. The molecule has 0 saturated carbocycles. The molecule has 5 nitrogen and oxygen atoms in total. The maximum atomic E-state index is 12.1. The molecule has 0 fully saturated rings. The third kappa shape index (κ3) is 3.94. The van der Waals surface area contributed by atoms with E-state index in [4.69, 9.17) is 0 Å². The smallest absolute Gasteiger partial charge is 0.230 e. The summed E-state index contributed by atoms with van der Waals surface area (Å²) in [6, 6.07) is 10.1. The zero-order valence-electron chi connectivity index (χ0n) is 13.6. The Kier molecular flexibility index (Phi) is 5.48. The van der Waals surface area contributed by atoms with Crippen LogP contribution < -0.4 is 5.32 Å². The number of thioether (sulfide) groups is 1. The number of carbonyl (C=O) groups excluding carboxylic acids is 1. The molecule has 1 amide bonds. The Morgan fingerprint density at radius 3 is 2.83 bits per heavy atom. The molecule has 6 heteroatoms. The fourth-order valence-corrected chi connectivity index (χ4v) is 3.36. The second kappa shape index (κ2) is 7.97. The molecule has 0 saturated heterocycles. The van der Waals surface area contributed by atoms with E-state index in [1.54, 1.807) is 0 Å². The lowest BCUT2D eigenvalue weighted by Gasteiger charge is -2.14. The molecule has 1 aromatic heterocycles. The Morgan fingerprint density at radius 1 is 1.29 bits per heavy atom. The van der Waals surface area contributed by atoms with Gasteiger partial charge < -0.3 is 9.88 Å². The normalized spacial score (nSPS) is 16.3. The number of nitrogens with zero attached hydrogens (tertiary/aromatic N) is 3. The number of carbonyl (C=O) groups is 1. The first kappa shape index (κ1) is 16.5. The Hall–Kier alpha value is -2.34. The maximum absolute atomic E-state index is 12.1. The van der Waals surface area contributed by atoms with Crippen molar-refractivity contribution in [3.63, 3.8) is 0 Å². The van der Waals surface area contributed by atoms with E-state index in [9.17, 15) is 4.79 Å². The summed E-state index contributed by atoms with van der Waals surface area (Å²) in [5.74, 6) is 1.18.